The van der Waals surface area contributed by atoms with E-state index in [1.807, 2.05) is 6.92 Å². The van der Waals surface area contributed by atoms with Crippen LogP contribution >= 0.6 is 23.6 Å². The van der Waals surface area contributed by atoms with Crippen molar-refractivity contribution in [3.8, 4) is 0 Å². The Hall–Kier alpha value is -2.39. The molecule has 2 amide bonds. The molecule has 0 fully saturated rings. The Balaban J connectivity index is 1.72. The Bertz CT molecular complexity index is 754. The van der Waals surface area contributed by atoms with Gasteiger partial charge in [-0.2, -0.15) is 0 Å². The Morgan fingerprint density at radius 2 is 1.87 bits per heavy atom. The molecule has 7 nitrogen and oxygen atoms in total. The molecule has 2 N–H and O–H groups in total. The molecule has 0 radical (unpaired) electrons. The molecule has 0 aliphatic carbocycles. The van der Waals surface area contributed by atoms with Crippen molar-refractivity contribution in [1.29, 1.82) is 0 Å². The predicted octanol–water partition coefficient (Wildman–Crippen LogP) is 1.64. The first kappa shape index (κ1) is 15.5. The summed E-state index contributed by atoms with van der Waals surface area (Å²) in [6.07, 6.45) is 0. The van der Waals surface area contributed by atoms with Crippen LogP contribution in [0.25, 0.3) is 0 Å². The average Bonchev–Trinajstić information content (AvgIpc) is 3.07. The summed E-state index contributed by atoms with van der Waals surface area (Å²) in [6, 6.07) is 6.78. The van der Waals surface area contributed by atoms with Crippen molar-refractivity contribution in [2.24, 2.45) is 0 Å². The van der Waals surface area contributed by atoms with Crippen LogP contribution in [0, 0.1) is 0 Å². The van der Waals surface area contributed by atoms with Gasteiger partial charge in [-0.05, 0) is 31.3 Å². The zero-order valence-electron chi connectivity index (χ0n) is 12.2. The number of nitrogens with one attached hydrogen (secondary N) is 2. The Morgan fingerprint density at radius 3 is 2.48 bits per heavy atom. The second-order valence-corrected chi connectivity index (χ2v) is 6.20. The van der Waals surface area contributed by atoms with Gasteiger partial charge in [0.25, 0.3) is 11.8 Å². The van der Waals surface area contributed by atoms with Crippen LogP contribution in [-0.2, 0) is 6.54 Å². The van der Waals surface area contributed by atoms with Gasteiger partial charge in [-0.3, -0.25) is 14.5 Å². The summed E-state index contributed by atoms with van der Waals surface area (Å²) >= 11 is 6.32. The number of carbonyl (C=O) groups excluding carboxylic acids is 2. The van der Waals surface area contributed by atoms with Crippen LogP contribution in [0.1, 0.15) is 32.6 Å². The summed E-state index contributed by atoms with van der Waals surface area (Å²) in [4.78, 5) is 25.8. The van der Waals surface area contributed by atoms with Crippen molar-refractivity contribution in [1.82, 2.24) is 20.4 Å². The van der Waals surface area contributed by atoms with E-state index in [0.717, 1.165) is 0 Å². The first-order valence-corrected chi connectivity index (χ1v) is 8.15. The third-order valence-corrected chi connectivity index (χ3v) is 4.27. The molecule has 1 aromatic carbocycles. The molecular formula is C14H13N5O2S2. The van der Waals surface area contributed by atoms with E-state index in [1.165, 1.54) is 16.2 Å². The largest absolute Gasteiger partial charge is 0.363 e. The van der Waals surface area contributed by atoms with Gasteiger partial charge in [0.2, 0.25) is 5.13 Å². The number of hydrogen-bond donors (Lipinski definition) is 2. The van der Waals surface area contributed by atoms with Crippen LogP contribution in [0.5, 0.6) is 0 Å². The smallest absolute Gasteiger partial charge is 0.261 e. The summed E-state index contributed by atoms with van der Waals surface area (Å²) in [5, 5.41) is 15.3. The molecule has 2 aromatic rings. The van der Waals surface area contributed by atoms with Crippen LogP contribution in [0.4, 0.5) is 5.13 Å². The van der Waals surface area contributed by atoms with E-state index in [4.69, 9.17) is 12.2 Å². The first-order valence-electron chi connectivity index (χ1n) is 6.92. The van der Waals surface area contributed by atoms with Crippen LogP contribution in [0.2, 0.25) is 0 Å². The number of nitrogens with zero attached hydrogens (tertiary/aromatic N) is 3. The van der Waals surface area contributed by atoms with E-state index < -0.39 is 0 Å². The first-order chi connectivity index (χ1) is 11.1. The molecule has 0 bridgehead atoms. The van der Waals surface area contributed by atoms with Crippen LogP contribution < -0.4 is 10.6 Å². The minimum absolute atomic E-state index is 0.0969. The number of aromatic nitrogens is 2. The number of fused-ring (bicyclic) bond motifs is 1. The molecule has 0 spiro atoms. The monoisotopic (exact) mass is 347 g/mol. The topological polar surface area (TPSA) is 87.2 Å². The molecular weight excluding hydrogens is 334 g/mol. The van der Waals surface area contributed by atoms with E-state index in [1.54, 1.807) is 24.3 Å². The number of carbonyl (C=O) groups is 2. The molecule has 23 heavy (non-hydrogen) atoms. The maximum Gasteiger partial charge on any atom is 0.261 e. The van der Waals surface area contributed by atoms with Gasteiger partial charge in [-0.1, -0.05) is 23.5 Å². The van der Waals surface area contributed by atoms with Gasteiger partial charge in [0.05, 0.1) is 17.7 Å². The third-order valence-electron chi connectivity index (χ3n) is 3.20. The summed E-state index contributed by atoms with van der Waals surface area (Å²) in [6.45, 7) is 2.73. The lowest BCUT2D eigenvalue weighted by Crippen LogP contribution is -2.29. The van der Waals surface area contributed by atoms with E-state index in [-0.39, 0.29) is 18.4 Å². The summed E-state index contributed by atoms with van der Waals surface area (Å²) in [5.74, 6) is -0.614. The fraction of sp³-hybridized carbons (Fsp3) is 0.214. The molecule has 0 atom stereocenters. The number of amides is 2. The average molecular weight is 347 g/mol. The predicted molar refractivity (Wildman–Crippen MR) is 90.5 cm³/mol. The highest BCUT2D eigenvalue weighted by molar-refractivity contribution is 7.80. The molecule has 3 rings (SSSR count). The van der Waals surface area contributed by atoms with Crippen LogP contribution in [-0.4, -0.2) is 38.6 Å². The van der Waals surface area contributed by atoms with Gasteiger partial charge in [-0.25, -0.2) is 0 Å². The van der Waals surface area contributed by atoms with Gasteiger partial charge in [0, 0.05) is 6.54 Å². The number of benzene rings is 1. The van der Waals surface area contributed by atoms with Crippen molar-refractivity contribution >= 4 is 45.6 Å². The minimum Gasteiger partial charge on any atom is -0.363 e. The summed E-state index contributed by atoms with van der Waals surface area (Å²) in [5.41, 5.74) is 0.849. The zero-order chi connectivity index (χ0) is 16.4. The fourth-order valence-corrected chi connectivity index (χ4v) is 3.23. The molecule has 0 saturated carbocycles. The highest BCUT2D eigenvalue weighted by atomic mass is 32.1. The maximum atomic E-state index is 12.3. The van der Waals surface area contributed by atoms with Crippen molar-refractivity contribution in [2.75, 3.05) is 11.9 Å². The van der Waals surface area contributed by atoms with Gasteiger partial charge >= 0.3 is 0 Å². The van der Waals surface area contributed by atoms with Crippen molar-refractivity contribution < 1.29 is 9.59 Å². The number of hydrogen-bond acceptors (Lipinski definition) is 6. The van der Waals surface area contributed by atoms with Gasteiger partial charge in [0.1, 0.15) is 5.01 Å². The van der Waals surface area contributed by atoms with Crippen molar-refractivity contribution in [2.45, 2.75) is 13.5 Å². The Morgan fingerprint density at radius 1 is 1.22 bits per heavy atom. The highest BCUT2D eigenvalue weighted by Crippen LogP contribution is 2.25. The normalized spacial score (nSPS) is 13.2. The lowest BCUT2D eigenvalue weighted by Gasteiger charge is -2.10. The van der Waals surface area contributed by atoms with E-state index >= 15 is 0 Å². The maximum absolute atomic E-state index is 12.3. The number of anilines is 1. The number of thiocarbonyl (C=S) groups is 1. The van der Waals surface area contributed by atoms with Crippen molar-refractivity contribution in [3.63, 3.8) is 0 Å². The van der Waals surface area contributed by atoms with Gasteiger partial charge in [-0.15, -0.1) is 10.2 Å². The Kier molecular flexibility index (Phi) is 4.30. The fourth-order valence-electron chi connectivity index (χ4n) is 2.19. The van der Waals surface area contributed by atoms with Crippen molar-refractivity contribution in [3.05, 3.63) is 40.4 Å². The van der Waals surface area contributed by atoms with E-state index in [9.17, 15) is 9.59 Å². The summed E-state index contributed by atoms with van der Waals surface area (Å²) in [7, 11) is 0. The van der Waals surface area contributed by atoms with E-state index in [0.29, 0.717) is 32.9 Å². The zero-order valence-corrected chi connectivity index (χ0v) is 13.8. The number of imide groups is 1. The molecule has 118 valence electrons. The van der Waals surface area contributed by atoms with Crippen LogP contribution in [0.15, 0.2) is 24.3 Å². The van der Waals surface area contributed by atoms with Gasteiger partial charge in [0.15, 0.2) is 5.11 Å². The minimum atomic E-state index is -0.307. The second-order valence-electron chi connectivity index (χ2n) is 4.73. The molecule has 1 aromatic heterocycles. The molecule has 9 heteroatoms. The Labute approximate surface area is 141 Å². The lowest BCUT2D eigenvalue weighted by molar-refractivity contribution is 0.0642. The third kappa shape index (κ3) is 3.06. The number of rotatable bonds is 4. The molecule has 0 unspecified atom stereocenters. The quantitative estimate of drug-likeness (QED) is 0.642. The molecule has 1 aliphatic rings. The SMILES string of the molecule is CCNC(=S)Nc1nnc(CN2C(=O)c3ccccc3C2=O)s1. The van der Waals surface area contributed by atoms with Crippen LogP contribution in [0.3, 0.4) is 0 Å². The molecule has 2 heterocycles. The molecule has 0 saturated heterocycles. The second kappa shape index (κ2) is 6.39. The standard InChI is InChI=1S/C14H13N5O2S2/c1-2-15-13(22)16-14-18-17-10(23-14)7-19-11(20)8-5-3-4-6-9(8)12(19)21/h3-6H,2,7H2,1H3,(H2,15,16,18,22). The molecule has 1 aliphatic heterocycles. The lowest BCUT2D eigenvalue weighted by atomic mass is 10.1. The van der Waals surface area contributed by atoms with Gasteiger partial charge < -0.3 is 10.6 Å². The van der Waals surface area contributed by atoms with E-state index in [2.05, 4.69) is 20.8 Å². The highest BCUT2D eigenvalue weighted by Gasteiger charge is 2.35. The summed E-state index contributed by atoms with van der Waals surface area (Å²) < 4.78 is 0.